The Hall–Kier alpha value is -2.28. The van der Waals surface area contributed by atoms with Crippen LogP contribution in [-0.4, -0.2) is 50.7 Å². The van der Waals surface area contributed by atoms with Crippen molar-refractivity contribution in [2.45, 2.75) is 6.04 Å². The van der Waals surface area contributed by atoms with Gasteiger partial charge in [0.05, 0.1) is 24.9 Å². The third-order valence-electron chi connectivity index (χ3n) is 3.07. The van der Waals surface area contributed by atoms with E-state index in [9.17, 15) is 4.79 Å². The Morgan fingerprint density at radius 2 is 2.37 bits per heavy atom. The molecule has 1 unspecified atom stereocenters. The van der Waals surface area contributed by atoms with Crippen molar-refractivity contribution in [1.29, 1.82) is 0 Å². The number of amides is 1. The number of hydrogen-bond donors (Lipinski definition) is 1. The van der Waals surface area contributed by atoms with E-state index in [1.54, 1.807) is 23.4 Å². The third-order valence-corrected chi connectivity index (χ3v) is 3.07. The van der Waals surface area contributed by atoms with Crippen molar-refractivity contribution in [3.05, 3.63) is 42.2 Å². The molecular formula is C12H13N5O2. The molecule has 2 aromatic rings. The van der Waals surface area contributed by atoms with Gasteiger partial charge in [0.25, 0.3) is 5.91 Å². The van der Waals surface area contributed by atoms with E-state index in [2.05, 4.69) is 20.2 Å². The Labute approximate surface area is 109 Å². The summed E-state index contributed by atoms with van der Waals surface area (Å²) in [5, 5.41) is 6.81. The lowest BCUT2D eigenvalue weighted by molar-refractivity contribution is -0.00422. The van der Waals surface area contributed by atoms with E-state index in [-0.39, 0.29) is 11.9 Å². The van der Waals surface area contributed by atoms with Crippen molar-refractivity contribution >= 4 is 5.91 Å². The summed E-state index contributed by atoms with van der Waals surface area (Å²) in [6.45, 7) is 1.52. The number of carbonyl (C=O) groups is 1. The molecule has 3 rings (SSSR count). The molecule has 1 aliphatic rings. The average Bonchev–Trinajstić information content (AvgIpc) is 3.01. The molecule has 7 heteroatoms. The summed E-state index contributed by atoms with van der Waals surface area (Å²) in [5.74, 6) is -0.120. The number of aromatic amines is 1. The predicted molar refractivity (Wildman–Crippen MR) is 65.2 cm³/mol. The fourth-order valence-electron chi connectivity index (χ4n) is 2.12. The first-order valence-electron chi connectivity index (χ1n) is 6.00. The highest BCUT2D eigenvalue weighted by molar-refractivity contribution is 5.92. The molecule has 0 bridgehead atoms. The van der Waals surface area contributed by atoms with E-state index >= 15 is 0 Å². The SMILES string of the molecule is O=C(c1ccncn1)N1CCOCC1c1ccn[nH]1. The fourth-order valence-corrected chi connectivity index (χ4v) is 2.12. The molecule has 1 fully saturated rings. The molecule has 7 nitrogen and oxygen atoms in total. The second kappa shape index (κ2) is 5.15. The summed E-state index contributed by atoms with van der Waals surface area (Å²) in [6, 6.07) is 3.31. The molecule has 1 saturated heterocycles. The van der Waals surface area contributed by atoms with E-state index in [1.165, 1.54) is 6.33 Å². The van der Waals surface area contributed by atoms with E-state index in [1.807, 2.05) is 6.07 Å². The Balaban J connectivity index is 1.87. The zero-order valence-electron chi connectivity index (χ0n) is 10.2. The molecule has 1 amide bonds. The largest absolute Gasteiger partial charge is 0.377 e. The Kier molecular flexibility index (Phi) is 3.20. The highest BCUT2D eigenvalue weighted by Gasteiger charge is 2.30. The van der Waals surface area contributed by atoms with Crippen molar-refractivity contribution in [2.24, 2.45) is 0 Å². The maximum absolute atomic E-state index is 12.5. The summed E-state index contributed by atoms with van der Waals surface area (Å²) in [4.78, 5) is 22.0. The highest BCUT2D eigenvalue weighted by Crippen LogP contribution is 2.23. The molecule has 19 heavy (non-hydrogen) atoms. The van der Waals surface area contributed by atoms with Crippen molar-refractivity contribution in [1.82, 2.24) is 25.1 Å². The monoisotopic (exact) mass is 259 g/mol. The summed E-state index contributed by atoms with van der Waals surface area (Å²) in [5.41, 5.74) is 1.25. The number of ether oxygens (including phenoxy) is 1. The number of nitrogens with zero attached hydrogens (tertiary/aromatic N) is 4. The van der Waals surface area contributed by atoms with Gasteiger partial charge in [-0.3, -0.25) is 9.89 Å². The Morgan fingerprint density at radius 1 is 1.42 bits per heavy atom. The first-order valence-corrected chi connectivity index (χ1v) is 6.00. The molecule has 0 spiro atoms. The van der Waals surface area contributed by atoms with Gasteiger partial charge in [0, 0.05) is 18.9 Å². The number of carbonyl (C=O) groups excluding carboxylic acids is 1. The minimum Gasteiger partial charge on any atom is -0.377 e. The topological polar surface area (TPSA) is 84.0 Å². The van der Waals surface area contributed by atoms with Gasteiger partial charge >= 0.3 is 0 Å². The van der Waals surface area contributed by atoms with Gasteiger partial charge in [-0.25, -0.2) is 9.97 Å². The number of H-pyrrole nitrogens is 1. The molecule has 0 saturated carbocycles. The van der Waals surface area contributed by atoms with Crippen LogP contribution < -0.4 is 0 Å². The van der Waals surface area contributed by atoms with Gasteiger partial charge in [-0.05, 0) is 12.1 Å². The molecule has 0 radical (unpaired) electrons. The summed E-state index contributed by atoms with van der Waals surface area (Å²) in [6.07, 6.45) is 4.60. The summed E-state index contributed by atoms with van der Waals surface area (Å²) >= 11 is 0. The lowest BCUT2D eigenvalue weighted by atomic mass is 10.1. The minimum absolute atomic E-state index is 0.120. The maximum atomic E-state index is 12.5. The number of hydrogen-bond acceptors (Lipinski definition) is 5. The third kappa shape index (κ3) is 2.32. The van der Waals surface area contributed by atoms with Gasteiger partial charge in [0.15, 0.2) is 0 Å². The van der Waals surface area contributed by atoms with Crippen LogP contribution >= 0.6 is 0 Å². The second-order valence-electron chi connectivity index (χ2n) is 4.20. The van der Waals surface area contributed by atoms with Crippen LogP contribution in [0.3, 0.4) is 0 Å². The van der Waals surface area contributed by atoms with Gasteiger partial charge in [0.2, 0.25) is 0 Å². The van der Waals surface area contributed by atoms with Crippen LogP contribution in [-0.2, 0) is 4.74 Å². The molecule has 3 heterocycles. The van der Waals surface area contributed by atoms with E-state index in [4.69, 9.17) is 4.74 Å². The predicted octanol–water partition coefficient (Wildman–Crippen LogP) is 0.413. The highest BCUT2D eigenvalue weighted by atomic mass is 16.5. The molecule has 0 aliphatic carbocycles. The summed E-state index contributed by atoms with van der Waals surface area (Å²) < 4.78 is 5.45. The molecular weight excluding hydrogens is 246 g/mol. The van der Waals surface area contributed by atoms with Crippen LogP contribution in [0, 0.1) is 0 Å². The Bertz CT molecular complexity index is 543. The summed E-state index contributed by atoms with van der Waals surface area (Å²) in [7, 11) is 0. The van der Waals surface area contributed by atoms with Gasteiger partial charge in [0.1, 0.15) is 12.0 Å². The van der Waals surface area contributed by atoms with Gasteiger partial charge < -0.3 is 9.64 Å². The number of aromatic nitrogens is 4. The molecule has 1 aliphatic heterocycles. The van der Waals surface area contributed by atoms with Crippen LogP contribution in [0.5, 0.6) is 0 Å². The van der Waals surface area contributed by atoms with E-state index in [0.29, 0.717) is 25.5 Å². The van der Waals surface area contributed by atoms with E-state index in [0.717, 1.165) is 5.69 Å². The number of morpholine rings is 1. The van der Waals surface area contributed by atoms with Gasteiger partial charge in [-0.2, -0.15) is 5.10 Å². The molecule has 98 valence electrons. The average molecular weight is 259 g/mol. The number of nitrogens with one attached hydrogen (secondary N) is 1. The fraction of sp³-hybridized carbons (Fsp3) is 0.333. The smallest absolute Gasteiger partial charge is 0.273 e. The normalized spacial score (nSPS) is 19.4. The Morgan fingerprint density at radius 3 is 3.11 bits per heavy atom. The van der Waals surface area contributed by atoms with Crippen LogP contribution in [0.2, 0.25) is 0 Å². The van der Waals surface area contributed by atoms with Crippen molar-refractivity contribution in [3.8, 4) is 0 Å². The van der Waals surface area contributed by atoms with Gasteiger partial charge in [-0.1, -0.05) is 0 Å². The van der Waals surface area contributed by atoms with Gasteiger partial charge in [-0.15, -0.1) is 0 Å². The van der Waals surface area contributed by atoms with Crippen LogP contribution in [0.15, 0.2) is 30.9 Å². The first kappa shape index (κ1) is 11.8. The molecule has 0 aromatic carbocycles. The standard InChI is InChI=1S/C12H13N5O2/c18-12(10-1-3-13-8-14-10)17-5-6-19-7-11(17)9-2-4-15-16-9/h1-4,8,11H,5-7H2,(H,15,16). The number of rotatable bonds is 2. The van der Waals surface area contributed by atoms with Crippen LogP contribution in [0.1, 0.15) is 22.2 Å². The minimum atomic E-state index is -0.154. The second-order valence-corrected chi connectivity index (χ2v) is 4.20. The van der Waals surface area contributed by atoms with Crippen molar-refractivity contribution < 1.29 is 9.53 Å². The van der Waals surface area contributed by atoms with Crippen molar-refractivity contribution in [2.75, 3.05) is 19.8 Å². The molecule has 1 atom stereocenters. The zero-order chi connectivity index (χ0) is 13.1. The molecule has 1 N–H and O–H groups in total. The maximum Gasteiger partial charge on any atom is 0.273 e. The molecule has 2 aromatic heterocycles. The quantitative estimate of drug-likeness (QED) is 0.844. The van der Waals surface area contributed by atoms with Crippen molar-refractivity contribution in [3.63, 3.8) is 0 Å². The van der Waals surface area contributed by atoms with E-state index < -0.39 is 0 Å². The van der Waals surface area contributed by atoms with Crippen LogP contribution in [0.25, 0.3) is 0 Å². The van der Waals surface area contributed by atoms with Crippen LogP contribution in [0.4, 0.5) is 0 Å². The zero-order valence-corrected chi connectivity index (χ0v) is 10.2. The lowest BCUT2D eigenvalue weighted by Crippen LogP contribution is -2.43. The lowest BCUT2D eigenvalue weighted by Gasteiger charge is -2.34. The first-order chi connectivity index (χ1) is 9.36.